The summed E-state index contributed by atoms with van der Waals surface area (Å²) in [4.78, 5) is 72.7. The number of carboxylic acid groups (broad SMARTS) is 2. The Balaban J connectivity index is 0.000000400. The highest BCUT2D eigenvalue weighted by molar-refractivity contribution is 5.88. The van der Waals surface area contributed by atoms with Crippen molar-refractivity contribution in [3.05, 3.63) is 0 Å². The molecule has 40 heavy (non-hydrogen) atoms. The van der Waals surface area contributed by atoms with Crippen LogP contribution >= 0.6 is 0 Å². The topological polar surface area (TPSA) is 186 Å². The zero-order valence-electron chi connectivity index (χ0n) is 24.4. The maximum atomic E-state index is 12.1. The van der Waals surface area contributed by atoms with E-state index < -0.39 is 71.2 Å². The fraction of sp³-hybridized carbons (Fsp3) is 0.769. The Morgan fingerprint density at radius 3 is 1.15 bits per heavy atom. The van der Waals surface area contributed by atoms with Gasteiger partial charge in [0.15, 0.2) is 0 Å². The van der Waals surface area contributed by atoms with E-state index in [9.17, 15) is 39.0 Å². The Kier molecular flexibility index (Phi) is 12.2. The van der Waals surface area contributed by atoms with Gasteiger partial charge in [0, 0.05) is 13.1 Å². The Morgan fingerprint density at radius 1 is 0.625 bits per heavy atom. The van der Waals surface area contributed by atoms with Crippen molar-refractivity contribution in [1.82, 2.24) is 9.80 Å². The number of rotatable bonds is 4. The highest BCUT2D eigenvalue weighted by Crippen LogP contribution is 2.28. The number of methoxy groups -OCH3 is 2. The van der Waals surface area contributed by atoms with Crippen molar-refractivity contribution in [3.63, 3.8) is 0 Å². The van der Waals surface area contributed by atoms with Crippen LogP contribution in [-0.2, 0) is 38.1 Å². The van der Waals surface area contributed by atoms with Gasteiger partial charge in [0.05, 0.1) is 26.1 Å². The number of nitrogens with zero attached hydrogens (tertiary/aromatic N) is 2. The minimum atomic E-state index is -1.14. The van der Waals surface area contributed by atoms with Gasteiger partial charge in [-0.25, -0.2) is 19.2 Å². The Morgan fingerprint density at radius 2 is 0.925 bits per heavy atom. The summed E-state index contributed by atoms with van der Waals surface area (Å²) in [6.45, 7) is 10.8. The van der Waals surface area contributed by atoms with Gasteiger partial charge in [-0.2, -0.15) is 0 Å². The molecule has 14 heteroatoms. The molecule has 4 atom stereocenters. The second-order valence-corrected chi connectivity index (χ2v) is 11.5. The van der Waals surface area contributed by atoms with Gasteiger partial charge in [0.1, 0.15) is 23.3 Å². The van der Waals surface area contributed by atoms with Crippen LogP contribution in [0.3, 0.4) is 0 Å². The molecular weight excluding hydrogens is 532 g/mol. The summed E-state index contributed by atoms with van der Waals surface area (Å²) in [5, 5.41) is 18.4. The van der Waals surface area contributed by atoms with Gasteiger partial charge in [-0.3, -0.25) is 19.4 Å². The molecule has 2 amide bonds. The average molecular weight is 575 g/mol. The molecule has 228 valence electrons. The number of piperidine rings is 2. The summed E-state index contributed by atoms with van der Waals surface area (Å²) < 4.78 is 19.7. The zero-order valence-corrected chi connectivity index (χ0v) is 24.4. The molecule has 2 fully saturated rings. The number of amides is 2. The summed E-state index contributed by atoms with van der Waals surface area (Å²) in [6.07, 6.45) is 0.272. The molecule has 2 aliphatic heterocycles. The number of aliphatic carboxylic acids is 2. The third-order valence-electron chi connectivity index (χ3n) is 6.04. The monoisotopic (exact) mass is 574 g/mol. The predicted molar refractivity (Wildman–Crippen MR) is 138 cm³/mol. The molecular formula is C26H42N2O12. The number of carbonyl (C=O) groups excluding carboxylic acids is 4. The lowest BCUT2D eigenvalue weighted by molar-refractivity contribution is -0.159. The van der Waals surface area contributed by atoms with Crippen LogP contribution in [0.2, 0.25) is 0 Å². The first-order valence-corrected chi connectivity index (χ1v) is 12.9. The van der Waals surface area contributed by atoms with Crippen LogP contribution in [0.4, 0.5) is 9.59 Å². The summed E-state index contributed by atoms with van der Waals surface area (Å²) >= 11 is 0. The normalized spacial score (nSPS) is 23.1. The summed E-state index contributed by atoms with van der Waals surface area (Å²) in [5.74, 6) is -5.64. The number of likely N-dealkylation sites (tertiary alicyclic amines) is 2. The van der Waals surface area contributed by atoms with E-state index in [1.54, 1.807) is 41.5 Å². The van der Waals surface area contributed by atoms with Crippen LogP contribution in [0.25, 0.3) is 0 Å². The number of ether oxygens (including phenoxy) is 4. The molecule has 0 aliphatic carbocycles. The van der Waals surface area contributed by atoms with Gasteiger partial charge in [0.25, 0.3) is 0 Å². The van der Waals surface area contributed by atoms with Crippen LogP contribution in [0.5, 0.6) is 0 Å². The molecule has 0 radical (unpaired) electrons. The lowest BCUT2D eigenvalue weighted by Gasteiger charge is -2.38. The van der Waals surface area contributed by atoms with Crippen LogP contribution in [0.15, 0.2) is 0 Å². The second-order valence-electron chi connectivity index (χ2n) is 11.5. The van der Waals surface area contributed by atoms with Gasteiger partial charge >= 0.3 is 36.1 Å². The van der Waals surface area contributed by atoms with Crippen molar-refractivity contribution >= 4 is 36.1 Å². The molecule has 2 rings (SSSR count). The Hall–Kier alpha value is -3.58. The minimum absolute atomic E-state index is 0.276. The van der Waals surface area contributed by atoms with E-state index in [0.717, 1.165) is 9.80 Å². The number of carboxylic acids is 2. The Bertz CT molecular complexity index is 876. The van der Waals surface area contributed by atoms with Crippen molar-refractivity contribution in [2.45, 2.75) is 90.5 Å². The average Bonchev–Trinajstić information content (AvgIpc) is 2.84. The van der Waals surface area contributed by atoms with Crippen LogP contribution in [-0.4, -0.2) is 107 Å². The zero-order chi connectivity index (χ0) is 31.0. The Labute approximate surface area is 233 Å². The lowest BCUT2D eigenvalue weighted by atomic mass is 9.89. The molecule has 0 aromatic rings. The molecule has 0 saturated carbocycles. The number of hydrogen-bond acceptors (Lipinski definition) is 10. The molecule has 14 nitrogen and oxygen atoms in total. The van der Waals surface area contributed by atoms with E-state index in [2.05, 4.69) is 9.47 Å². The molecule has 2 N–H and O–H groups in total. The van der Waals surface area contributed by atoms with Gasteiger partial charge in [-0.05, 0) is 67.2 Å². The van der Waals surface area contributed by atoms with Crippen molar-refractivity contribution in [3.8, 4) is 0 Å². The molecule has 0 unspecified atom stereocenters. The molecule has 0 spiro atoms. The van der Waals surface area contributed by atoms with Gasteiger partial charge < -0.3 is 29.2 Å². The van der Waals surface area contributed by atoms with E-state index in [-0.39, 0.29) is 13.1 Å². The van der Waals surface area contributed by atoms with E-state index >= 15 is 0 Å². The van der Waals surface area contributed by atoms with E-state index in [1.807, 2.05) is 0 Å². The SMILES string of the molecule is COC(=O)[C@@H]1[C@H](C(=O)O)CCCN1C(=O)OC(C)(C)C.COC(=O)[C@H]1[C@@H](C(=O)O)CCCN1C(=O)OC(C)(C)C. The molecule has 2 aliphatic rings. The smallest absolute Gasteiger partial charge is 0.411 e. The second kappa shape index (κ2) is 14.2. The fourth-order valence-corrected chi connectivity index (χ4v) is 4.38. The summed E-state index contributed by atoms with van der Waals surface area (Å²) in [6, 6.07) is -2.28. The fourth-order valence-electron chi connectivity index (χ4n) is 4.38. The van der Waals surface area contributed by atoms with Crippen LogP contribution < -0.4 is 0 Å². The minimum Gasteiger partial charge on any atom is -0.481 e. The highest BCUT2D eigenvalue weighted by Gasteiger charge is 2.46. The van der Waals surface area contributed by atoms with E-state index in [1.165, 1.54) is 14.2 Å². The van der Waals surface area contributed by atoms with E-state index in [0.29, 0.717) is 25.7 Å². The first-order valence-electron chi connectivity index (χ1n) is 12.9. The summed E-state index contributed by atoms with van der Waals surface area (Å²) in [5.41, 5.74) is -1.43. The first-order chi connectivity index (χ1) is 18.3. The number of esters is 2. The molecule has 2 saturated heterocycles. The maximum Gasteiger partial charge on any atom is 0.411 e. The number of carbonyl (C=O) groups is 6. The van der Waals surface area contributed by atoms with Gasteiger partial charge in [0.2, 0.25) is 0 Å². The third kappa shape index (κ3) is 9.87. The highest BCUT2D eigenvalue weighted by atomic mass is 16.6. The van der Waals surface area contributed by atoms with Crippen molar-refractivity contribution in [1.29, 1.82) is 0 Å². The van der Waals surface area contributed by atoms with Gasteiger partial charge in [-0.15, -0.1) is 0 Å². The largest absolute Gasteiger partial charge is 0.481 e. The standard InChI is InChI=1S/2C13H21NO6/c2*1-13(2,3)20-12(18)14-7-5-6-8(10(15)16)9(14)11(17)19-4/h2*8-9H,5-7H2,1-4H3,(H,15,16)/t2*8-,9+/m10/s1. The molecule has 2 heterocycles. The maximum absolute atomic E-state index is 12.1. The molecule has 0 aromatic carbocycles. The van der Waals surface area contributed by atoms with Crippen molar-refractivity contribution in [2.24, 2.45) is 11.8 Å². The number of hydrogen-bond donors (Lipinski definition) is 2. The third-order valence-corrected chi connectivity index (χ3v) is 6.04. The van der Waals surface area contributed by atoms with Crippen molar-refractivity contribution < 1.29 is 57.9 Å². The summed E-state index contributed by atoms with van der Waals surface area (Å²) in [7, 11) is 2.34. The molecule has 0 aromatic heterocycles. The predicted octanol–water partition coefficient (Wildman–Crippen LogP) is 2.52. The van der Waals surface area contributed by atoms with E-state index in [4.69, 9.17) is 9.47 Å². The van der Waals surface area contributed by atoms with Crippen LogP contribution in [0.1, 0.15) is 67.2 Å². The lowest BCUT2D eigenvalue weighted by Crippen LogP contribution is -2.56. The molecule has 0 bridgehead atoms. The quantitative estimate of drug-likeness (QED) is 0.370. The van der Waals surface area contributed by atoms with Crippen molar-refractivity contribution in [2.75, 3.05) is 27.3 Å². The van der Waals surface area contributed by atoms with Crippen LogP contribution in [0, 0.1) is 11.8 Å². The first kappa shape index (κ1) is 34.4. The van der Waals surface area contributed by atoms with Gasteiger partial charge in [-0.1, -0.05) is 0 Å².